The third kappa shape index (κ3) is 2.69. The third-order valence-electron chi connectivity index (χ3n) is 6.04. The number of hydrogen-bond acceptors (Lipinski definition) is 4. The van der Waals surface area contributed by atoms with Crippen molar-refractivity contribution in [3.05, 3.63) is 94.5 Å². The molecule has 2 aromatic heterocycles. The van der Waals surface area contributed by atoms with Gasteiger partial charge in [-0.2, -0.15) is 0 Å². The lowest BCUT2D eigenvalue weighted by molar-refractivity contribution is 0.0959. The molecule has 3 heterocycles. The van der Waals surface area contributed by atoms with Gasteiger partial charge < -0.3 is 8.98 Å². The number of aromatic nitrogens is 2. The van der Waals surface area contributed by atoms with Crippen molar-refractivity contribution >= 4 is 33.7 Å². The van der Waals surface area contributed by atoms with Gasteiger partial charge in [-0.3, -0.25) is 9.69 Å². The molecule has 0 spiro atoms. The van der Waals surface area contributed by atoms with Gasteiger partial charge in [0, 0.05) is 24.0 Å². The molecule has 0 N–H and O–H groups in total. The molecule has 6 nitrogen and oxygen atoms in total. The smallest absolute Gasteiger partial charge is 0.344 e. The van der Waals surface area contributed by atoms with Gasteiger partial charge >= 0.3 is 5.63 Å². The average Bonchev–Trinajstić information content (AvgIpc) is 3.39. The first-order valence-corrected chi connectivity index (χ1v) is 10.5. The fourth-order valence-electron chi connectivity index (χ4n) is 4.46. The maximum atomic E-state index is 13.8. The summed E-state index contributed by atoms with van der Waals surface area (Å²) < 4.78 is 7.71. The number of benzene rings is 3. The highest BCUT2D eigenvalue weighted by atomic mass is 16.4. The van der Waals surface area contributed by atoms with Crippen LogP contribution in [0.25, 0.3) is 32.9 Å². The lowest BCUT2D eigenvalue weighted by Crippen LogP contribution is -2.30. The van der Waals surface area contributed by atoms with Crippen LogP contribution in [0.2, 0.25) is 0 Å². The number of fused-ring (bicyclic) bond motifs is 4. The van der Waals surface area contributed by atoms with Crippen LogP contribution in [-0.2, 0) is 6.54 Å². The molecule has 0 fully saturated rings. The fraction of sp³-hybridized carbons (Fsp3) is 0.115. The fourth-order valence-corrected chi connectivity index (χ4v) is 4.46. The van der Waals surface area contributed by atoms with Gasteiger partial charge in [-0.25, -0.2) is 9.78 Å². The number of nitrogens with zero attached hydrogens (tertiary/aromatic N) is 3. The van der Waals surface area contributed by atoms with Gasteiger partial charge in [-0.1, -0.05) is 60.2 Å². The van der Waals surface area contributed by atoms with E-state index in [1.807, 2.05) is 72.2 Å². The molecule has 1 aliphatic heterocycles. The number of amides is 1. The second-order valence-corrected chi connectivity index (χ2v) is 8.01. The number of carbonyl (C=O) groups is 1. The summed E-state index contributed by atoms with van der Waals surface area (Å²) in [6.45, 7) is 3.11. The SMILES string of the molecule is Cc1ccc(-c2c(C(=O)N3CCn4c3nc3ccccc34)oc(=O)c3ccccc23)cc1. The highest BCUT2D eigenvalue weighted by Gasteiger charge is 2.33. The van der Waals surface area contributed by atoms with E-state index in [0.29, 0.717) is 35.4 Å². The molecule has 1 aliphatic rings. The molecule has 6 heteroatoms. The summed E-state index contributed by atoms with van der Waals surface area (Å²) in [6.07, 6.45) is 0. The van der Waals surface area contributed by atoms with E-state index in [2.05, 4.69) is 4.98 Å². The van der Waals surface area contributed by atoms with Gasteiger partial charge in [0.25, 0.3) is 5.91 Å². The van der Waals surface area contributed by atoms with Gasteiger partial charge in [0.05, 0.1) is 16.4 Å². The molecular weight excluding hydrogens is 402 g/mol. The summed E-state index contributed by atoms with van der Waals surface area (Å²) in [5, 5.41) is 1.15. The molecule has 6 rings (SSSR count). The van der Waals surface area contributed by atoms with E-state index in [9.17, 15) is 9.59 Å². The Balaban J connectivity index is 1.57. The van der Waals surface area contributed by atoms with Crippen LogP contribution < -0.4 is 10.5 Å². The summed E-state index contributed by atoms with van der Waals surface area (Å²) in [4.78, 5) is 32.8. The summed E-state index contributed by atoms with van der Waals surface area (Å²) in [5.41, 5.74) is 3.85. The number of aryl methyl sites for hydroxylation is 1. The van der Waals surface area contributed by atoms with Gasteiger partial charge in [-0.15, -0.1) is 0 Å². The Morgan fingerprint density at radius 1 is 0.906 bits per heavy atom. The Bertz CT molecular complexity index is 1580. The van der Waals surface area contributed by atoms with Crippen LogP contribution in [0.3, 0.4) is 0 Å². The van der Waals surface area contributed by atoms with E-state index in [4.69, 9.17) is 4.42 Å². The van der Waals surface area contributed by atoms with Gasteiger partial charge in [0.2, 0.25) is 11.7 Å². The number of imidazole rings is 1. The zero-order valence-electron chi connectivity index (χ0n) is 17.4. The van der Waals surface area contributed by atoms with Crippen LogP contribution in [-0.4, -0.2) is 22.0 Å². The molecule has 0 atom stereocenters. The van der Waals surface area contributed by atoms with Crippen LogP contribution in [0.1, 0.15) is 16.1 Å². The number of hydrogen-bond donors (Lipinski definition) is 0. The molecule has 0 unspecified atom stereocenters. The Hall–Kier alpha value is -4.19. The molecule has 1 amide bonds. The van der Waals surface area contributed by atoms with E-state index >= 15 is 0 Å². The molecule has 0 bridgehead atoms. The minimum absolute atomic E-state index is 0.0399. The first-order chi connectivity index (χ1) is 15.6. The largest absolute Gasteiger partial charge is 0.416 e. The first-order valence-electron chi connectivity index (χ1n) is 10.5. The number of rotatable bonds is 2. The second-order valence-electron chi connectivity index (χ2n) is 8.01. The maximum absolute atomic E-state index is 13.8. The lowest BCUT2D eigenvalue weighted by Gasteiger charge is -2.17. The molecule has 0 saturated carbocycles. The normalized spacial score (nSPS) is 13.1. The molecule has 0 saturated heterocycles. The van der Waals surface area contributed by atoms with E-state index in [0.717, 1.165) is 22.2 Å². The molecule has 32 heavy (non-hydrogen) atoms. The van der Waals surface area contributed by atoms with Crippen molar-refractivity contribution < 1.29 is 9.21 Å². The third-order valence-corrected chi connectivity index (χ3v) is 6.04. The molecule has 0 radical (unpaired) electrons. The van der Waals surface area contributed by atoms with Crippen molar-refractivity contribution in [1.82, 2.24) is 9.55 Å². The summed E-state index contributed by atoms with van der Waals surface area (Å²) >= 11 is 0. The van der Waals surface area contributed by atoms with Gasteiger partial charge in [0.15, 0.2) is 0 Å². The van der Waals surface area contributed by atoms with Crippen LogP contribution in [0.5, 0.6) is 0 Å². The van der Waals surface area contributed by atoms with Crippen LogP contribution in [0.15, 0.2) is 82.0 Å². The maximum Gasteiger partial charge on any atom is 0.344 e. The summed E-state index contributed by atoms with van der Waals surface area (Å²) in [5.74, 6) is 0.248. The van der Waals surface area contributed by atoms with Gasteiger partial charge in [0.1, 0.15) is 0 Å². The summed E-state index contributed by atoms with van der Waals surface area (Å²) in [6, 6.07) is 22.9. The van der Waals surface area contributed by atoms with Crippen molar-refractivity contribution in [3.8, 4) is 11.1 Å². The van der Waals surface area contributed by atoms with Gasteiger partial charge in [-0.05, 0) is 30.7 Å². The van der Waals surface area contributed by atoms with E-state index < -0.39 is 5.63 Å². The Morgan fingerprint density at radius 3 is 2.44 bits per heavy atom. The number of anilines is 1. The van der Waals surface area contributed by atoms with Crippen LogP contribution in [0.4, 0.5) is 5.95 Å². The van der Waals surface area contributed by atoms with E-state index in [1.54, 1.807) is 17.0 Å². The predicted molar refractivity (Wildman–Crippen MR) is 124 cm³/mol. The monoisotopic (exact) mass is 421 g/mol. The van der Waals surface area contributed by atoms with Crippen molar-refractivity contribution in [2.24, 2.45) is 0 Å². The molecular formula is C26H19N3O3. The highest BCUT2D eigenvalue weighted by Crippen LogP contribution is 2.34. The minimum atomic E-state index is -0.521. The topological polar surface area (TPSA) is 68.3 Å². The van der Waals surface area contributed by atoms with Crippen molar-refractivity contribution in [2.45, 2.75) is 13.5 Å². The van der Waals surface area contributed by atoms with Crippen molar-refractivity contribution in [3.63, 3.8) is 0 Å². The van der Waals surface area contributed by atoms with E-state index in [-0.39, 0.29) is 11.7 Å². The minimum Gasteiger partial charge on any atom is -0.416 e. The Labute approximate surface area is 183 Å². The highest BCUT2D eigenvalue weighted by molar-refractivity contribution is 6.13. The van der Waals surface area contributed by atoms with Crippen LogP contribution in [0, 0.1) is 6.92 Å². The zero-order chi connectivity index (χ0) is 21.8. The second kappa shape index (κ2) is 6.92. The van der Waals surface area contributed by atoms with E-state index in [1.165, 1.54) is 0 Å². The Morgan fingerprint density at radius 2 is 1.62 bits per heavy atom. The van der Waals surface area contributed by atoms with Crippen molar-refractivity contribution in [2.75, 3.05) is 11.4 Å². The quantitative estimate of drug-likeness (QED) is 0.411. The summed E-state index contributed by atoms with van der Waals surface area (Å²) in [7, 11) is 0. The first kappa shape index (κ1) is 18.6. The number of para-hydroxylation sites is 2. The average molecular weight is 421 g/mol. The van der Waals surface area contributed by atoms with Crippen molar-refractivity contribution in [1.29, 1.82) is 0 Å². The predicted octanol–water partition coefficient (Wildman–Crippen LogP) is 4.78. The molecule has 156 valence electrons. The molecule has 0 aliphatic carbocycles. The Kier molecular flexibility index (Phi) is 4.01. The zero-order valence-corrected chi connectivity index (χ0v) is 17.4. The lowest BCUT2D eigenvalue weighted by atomic mass is 9.97. The van der Waals surface area contributed by atoms with Crippen LogP contribution >= 0.6 is 0 Å². The molecule has 3 aromatic carbocycles. The standard InChI is InChI=1S/C26H19N3O3/c1-16-10-12-17(13-11-16)22-18-6-2-3-7-19(18)25(31)32-23(22)24(30)29-15-14-28-21-9-5-4-8-20(21)27-26(28)29/h2-13H,14-15H2,1H3. The number of carbonyl (C=O) groups excluding carboxylic acids is 1. The molecule has 5 aromatic rings.